The Morgan fingerprint density at radius 3 is 2.48 bits per heavy atom. The van der Waals surface area contributed by atoms with Crippen LogP contribution in [0.5, 0.6) is 0 Å². The number of nitrogen functional groups attached to an aromatic ring is 1. The van der Waals surface area contributed by atoms with Crippen molar-refractivity contribution in [2.45, 2.75) is 29.6 Å². The van der Waals surface area contributed by atoms with Crippen LogP contribution in [0.2, 0.25) is 0 Å². The van der Waals surface area contributed by atoms with Gasteiger partial charge in [-0.2, -0.15) is 4.31 Å². The van der Waals surface area contributed by atoms with Crippen LogP contribution in [0.4, 0.5) is 5.69 Å². The van der Waals surface area contributed by atoms with E-state index in [-0.39, 0.29) is 15.5 Å². The molecule has 1 saturated heterocycles. The highest BCUT2D eigenvalue weighted by Gasteiger charge is 2.33. The Kier molecular flexibility index (Phi) is 4.32. The Morgan fingerprint density at radius 2 is 1.95 bits per heavy atom. The van der Waals surface area contributed by atoms with Gasteiger partial charge < -0.3 is 5.73 Å². The van der Waals surface area contributed by atoms with Crippen LogP contribution in [0.3, 0.4) is 0 Å². The van der Waals surface area contributed by atoms with Crippen molar-refractivity contribution < 1.29 is 16.8 Å². The Balaban J connectivity index is 2.45. The molecule has 1 heterocycles. The van der Waals surface area contributed by atoms with E-state index in [4.69, 9.17) is 5.73 Å². The molecule has 1 aliphatic rings. The van der Waals surface area contributed by atoms with Crippen molar-refractivity contribution in [3.05, 3.63) is 18.2 Å². The molecule has 6 nitrogen and oxygen atoms in total. The largest absolute Gasteiger partial charge is 0.398 e. The summed E-state index contributed by atoms with van der Waals surface area (Å²) in [7, 11) is -7.23. The van der Waals surface area contributed by atoms with Crippen molar-refractivity contribution in [3.8, 4) is 0 Å². The van der Waals surface area contributed by atoms with Crippen LogP contribution in [0.15, 0.2) is 28.0 Å². The molecule has 21 heavy (non-hydrogen) atoms. The predicted octanol–water partition coefficient (Wildman–Crippen LogP) is 1.09. The normalized spacial score (nSPS) is 20.8. The van der Waals surface area contributed by atoms with E-state index >= 15 is 0 Å². The molecule has 8 heteroatoms. The van der Waals surface area contributed by atoms with E-state index < -0.39 is 19.9 Å². The number of sulfone groups is 1. The first kappa shape index (κ1) is 16.3. The highest BCUT2D eigenvalue weighted by molar-refractivity contribution is 7.91. The van der Waals surface area contributed by atoms with Gasteiger partial charge in [0.1, 0.15) is 4.90 Å². The van der Waals surface area contributed by atoms with Crippen molar-refractivity contribution in [2.75, 3.05) is 25.1 Å². The smallest absolute Gasteiger partial charge is 0.245 e. The summed E-state index contributed by atoms with van der Waals surface area (Å²) in [5.41, 5.74) is 5.82. The predicted molar refractivity (Wildman–Crippen MR) is 81.1 cm³/mol. The van der Waals surface area contributed by atoms with E-state index in [2.05, 4.69) is 0 Å². The molecule has 1 atom stereocenters. The molecule has 0 aromatic heterocycles. The van der Waals surface area contributed by atoms with Gasteiger partial charge in [-0.1, -0.05) is 13.3 Å². The molecule has 0 aliphatic carbocycles. The fourth-order valence-corrected chi connectivity index (χ4v) is 4.85. The molecular formula is C13H20N2O4S2. The van der Waals surface area contributed by atoms with Gasteiger partial charge in [-0.05, 0) is 30.5 Å². The van der Waals surface area contributed by atoms with Crippen molar-refractivity contribution in [1.82, 2.24) is 4.31 Å². The average Bonchev–Trinajstić information content (AvgIpc) is 2.87. The molecule has 1 aliphatic heterocycles. The molecule has 118 valence electrons. The topological polar surface area (TPSA) is 97.5 Å². The highest BCUT2D eigenvalue weighted by Crippen LogP contribution is 2.30. The zero-order chi connectivity index (χ0) is 15.8. The molecule has 0 spiro atoms. The van der Waals surface area contributed by atoms with Crippen LogP contribution >= 0.6 is 0 Å². The zero-order valence-corrected chi connectivity index (χ0v) is 13.7. The Bertz CT molecular complexity index is 741. The van der Waals surface area contributed by atoms with Gasteiger partial charge in [0.25, 0.3) is 0 Å². The maximum atomic E-state index is 12.6. The first-order valence-electron chi connectivity index (χ1n) is 6.76. The van der Waals surface area contributed by atoms with Gasteiger partial charge in [0.2, 0.25) is 10.0 Å². The number of anilines is 1. The third-order valence-electron chi connectivity index (χ3n) is 3.86. The summed E-state index contributed by atoms with van der Waals surface area (Å²) in [5, 5.41) is 0. The van der Waals surface area contributed by atoms with E-state index in [9.17, 15) is 16.8 Å². The fraction of sp³-hybridized carbons (Fsp3) is 0.538. The number of benzene rings is 1. The Morgan fingerprint density at radius 1 is 1.29 bits per heavy atom. The van der Waals surface area contributed by atoms with E-state index in [0.717, 1.165) is 25.2 Å². The van der Waals surface area contributed by atoms with Crippen molar-refractivity contribution in [2.24, 2.45) is 5.92 Å². The van der Waals surface area contributed by atoms with Crippen molar-refractivity contribution in [3.63, 3.8) is 0 Å². The minimum atomic E-state index is -3.75. The molecule has 2 N–H and O–H groups in total. The highest BCUT2D eigenvalue weighted by atomic mass is 32.2. The molecule has 0 saturated carbocycles. The summed E-state index contributed by atoms with van der Waals surface area (Å²) in [6.07, 6.45) is 2.78. The lowest BCUT2D eigenvalue weighted by Gasteiger charge is -2.18. The molecule has 0 radical (unpaired) electrons. The zero-order valence-electron chi connectivity index (χ0n) is 12.1. The van der Waals surface area contributed by atoms with E-state index in [1.54, 1.807) is 0 Å². The monoisotopic (exact) mass is 332 g/mol. The average molecular weight is 332 g/mol. The second-order valence-corrected chi connectivity index (χ2v) is 9.32. The summed E-state index contributed by atoms with van der Waals surface area (Å²) in [5.74, 6) is 0.346. The SMILES string of the molecule is CCC1CCN(S(=O)(=O)c2cc(S(C)(=O)=O)ccc2N)C1. The van der Waals surface area contributed by atoms with Crippen LogP contribution in [-0.2, 0) is 19.9 Å². The number of hydrogen-bond acceptors (Lipinski definition) is 5. The lowest BCUT2D eigenvalue weighted by Crippen LogP contribution is -2.29. The molecule has 0 amide bonds. The van der Waals surface area contributed by atoms with Crippen LogP contribution in [0.1, 0.15) is 19.8 Å². The Hall–Kier alpha value is -1.12. The summed E-state index contributed by atoms with van der Waals surface area (Å²) < 4.78 is 49.9. The minimum absolute atomic E-state index is 0.0403. The molecule has 1 unspecified atom stereocenters. The number of rotatable bonds is 4. The first-order chi connectivity index (χ1) is 9.66. The number of hydrogen-bond donors (Lipinski definition) is 1. The van der Waals surface area contributed by atoms with Gasteiger partial charge in [0, 0.05) is 19.3 Å². The van der Waals surface area contributed by atoms with Gasteiger partial charge in [0.15, 0.2) is 9.84 Å². The molecule has 1 aromatic carbocycles. The van der Waals surface area contributed by atoms with E-state index in [1.165, 1.54) is 16.4 Å². The first-order valence-corrected chi connectivity index (χ1v) is 10.1. The van der Waals surface area contributed by atoms with Gasteiger partial charge in [-0.25, -0.2) is 16.8 Å². The summed E-state index contributed by atoms with van der Waals surface area (Å²) >= 11 is 0. The van der Waals surface area contributed by atoms with Gasteiger partial charge in [-0.15, -0.1) is 0 Å². The number of nitrogens with two attached hydrogens (primary N) is 1. The summed E-state index contributed by atoms with van der Waals surface area (Å²) in [6.45, 7) is 2.93. The second-order valence-electron chi connectivity index (χ2n) is 5.40. The van der Waals surface area contributed by atoms with Gasteiger partial charge >= 0.3 is 0 Å². The van der Waals surface area contributed by atoms with E-state index in [1.807, 2.05) is 6.92 Å². The Labute approximate surface area is 125 Å². The third-order valence-corrected chi connectivity index (χ3v) is 6.89. The maximum absolute atomic E-state index is 12.6. The van der Waals surface area contributed by atoms with Crippen molar-refractivity contribution in [1.29, 1.82) is 0 Å². The quantitative estimate of drug-likeness (QED) is 0.833. The molecule has 0 bridgehead atoms. The molecule has 1 aromatic rings. The van der Waals surface area contributed by atoms with Crippen molar-refractivity contribution >= 4 is 25.5 Å². The summed E-state index contributed by atoms with van der Waals surface area (Å²) in [4.78, 5) is -0.163. The number of nitrogens with zero attached hydrogens (tertiary/aromatic N) is 1. The van der Waals surface area contributed by atoms with Crippen LogP contribution in [0.25, 0.3) is 0 Å². The van der Waals surface area contributed by atoms with Crippen LogP contribution in [0, 0.1) is 5.92 Å². The second kappa shape index (κ2) is 5.58. The van der Waals surface area contributed by atoms with E-state index in [0.29, 0.717) is 19.0 Å². The molecular weight excluding hydrogens is 312 g/mol. The maximum Gasteiger partial charge on any atom is 0.245 e. The molecule has 2 rings (SSSR count). The fourth-order valence-electron chi connectivity index (χ4n) is 2.46. The van der Waals surface area contributed by atoms with Crippen LogP contribution < -0.4 is 5.73 Å². The van der Waals surface area contributed by atoms with Gasteiger partial charge in [-0.3, -0.25) is 0 Å². The lowest BCUT2D eigenvalue weighted by atomic mass is 10.1. The standard InChI is InChI=1S/C13H20N2O4S2/c1-3-10-6-7-15(9-10)21(18,19)13-8-11(20(2,16)17)4-5-12(13)14/h4-5,8,10H,3,6-7,9,14H2,1-2H3. The molecule has 1 fully saturated rings. The third kappa shape index (κ3) is 3.22. The lowest BCUT2D eigenvalue weighted by molar-refractivity contribution is 0.453. The number of sulfonamides is 1. The van der Waals surface area contributed by atoms with Crippen LogP contribution in [-0.4, -0.2) is 40.5 Å². The van der Waals surface area contributed by atoms with Gasteiger partial charge in [0.05, 0.1) is 10.6 Å². The summed E-state index contributed by atoms with van der Waals surface area (Å²) in [6, 6.07) is 3.80. The minimum Gasteiger partial charge on any atom is -0.398 e.